The Bertz CT molecular complexity index is 634. The van der Waals surface area contributed by atoms with Gasteiger partial charge in [0.25, 0.3) is 0 Å². The van der Waals surface area contributed by atoms with Crippen LogP contribution in [0.25, 0.3) is 0 Å². The van der Waals surface area contributed by atoms with Crippen LogP contribution in [0.4, 0.5) is 0 Å². The normalized spacial score (nSPS) is 14.0. The monoisotopic (exact) mass is 360 g/mol. The van der Waals surface area contributed by atoms with Crippen molar-refractivity contribution in [1.82, 2.24) is 10.0 Å². The van der Waals surface area contributed by atoms with Gasteiger partial charge in [-0.25, -0.2) is 8.42 Å². The molecule has 0 fully saturated rings. The second-order valence-corrected chi connectivity index (χ2v) is 7.54. The average Bonchev–Trinajstić information content (AvgIpc) is 2.51. The van der Waals surface area contributed by atoms with Gasteiger partial charge < -0.3 is 10.4 Å². The highest BCUT2D eigenvalue weighted by atomic mass is 32.2. The van der Waals surface area contributed by atoms with Gasteiger partial charge in [0.15, 0.2) is 0 Å². The van der Waals surface area contributed by atoms with E-state index in [1.54, 1.807) is 18.2 Å². The van der Waals surface area contributed by atoms with Crippen LogP contribution in [0.5, 0.6) is 0 Å². The van der Waals surface area contributed by atoms with E-state index >= 15 is 0 Å². The number of carboxylic acids is 1. The molecule has 0 aliphatic rings. The van der Waals surface area contributed by atoms with Crippen LogP contribution in [0.1, 0.15) is 13.3 Å². The lowest BCUT2D eigenvalue weighted by atomic mass is 10.2. The molecule has 3 N–H and O–H groups in total. The van der Waals surface area contributed by atoms with Crippen LogP contribution in [-0.4, -0.2) is 49.5 Å². The molecule has 9 heteroatoms. The van der Waals surface area contributed by atoms with Crippen LogP contribution < -0.4 is 10.0 Å². The third-order valence-electron chi connectivity index (χ3n) is 3.01. The number of carbonyl (C=O) groups excluding carboxylic acids is 1. The Kier molecular flexibility index (Phi) is 7.53. The van der Waals surface area contributed by atoms with E-state index < -0.39 is 34.0 Å². The van der Waals surface area contributed by atoms with Crippen molar-refractivity contribution in [2.24, 2.45) is 0 Å². The second-order valence-electron chi connectivity index (χ2n) is 4.84. The van der Waals surface area contributed by atoms with Gasteiger partial charge in [-0.3, -0.25) is 9.59 Å². The predicted octanol–water partition coefficient (Wildman–Crippen LogP) is 0.676. The minimum atomic E-state index is -3.86. The van der Waals surface area contributed by atoms with Crippen LogP contribution in [0.2, 0.25) is 0 Å². The number of carbonyl (C=O) groups is 2. The fraction of sp³-hybridized carbons (Fsp3) is 0.429. The fourth-order valence-corrected chi connectivity index (χ4v) is 3.43. The summed E-state index contributed by atoms with van der Waals surface area (Å²) in [6.07, 6.45) is 2.09. The quantitative estimate of drug-likeness (QED) is 0.597. The van der Waals surface area contributed by atoms with E-state index in [0.717, 1.165) is 0 Å². The standard InChI is InChI=1S/C14H20N2O5S2/c1-10(14(18)19)15-13(17)12(8-9-22-2)16-23(20,21)11-6-4-3-5-7-11/h3-7,10,12,16H,8-9H2,1-2H3,(H,15,17)(H,18,19)/t10-,12?/m1/s1. The molecular weight excluding hydrogens is 340 g/mol. The highest BCUT2D eigenvalue weighted by molar-refractivity contribution is 7.98. The van der Waals surface area contributed by atoms with Gasteiger partial charge in [-0.15, -0.1) is 0 Å². The summed E-state index contributed by atoms with van der Waals surface area (Å²) in [4.78, 5) is 23.0. The number of hydrogen-bond acceptors (Lipinski definition) is 5. The van der Waals surface area contributed by atoms with Crippen molar-refractivity contribution >= 4 is 33.7 Å². The van der Waals surface area contributed by atoms with E-state index in [-0.39, 0.29) is 11.3 Å². The zero-order valence-corrected chi connectivity index (χ0v) is 14.5. The van der Waals surface area contributed by atoms with Gasteiger partial charge in [0.2, 0.25) is 15.9 Å². The molecule has 0 aliphatic heterocycles. The van der Waals surface area contributed by atoms with Crippen LogP contribution in [0.3, 0.4) is 0 Å². The molecule has 1 amide bonds. The Labute approximate surface area is 139 Å². The maximum atomic E-state index is 12.3. The first-order valence-corrected chi connectivity index (χ1v) is 9.75. The van der Waals surface area contributed by atoms with Gasteiger partial charge in [-0.1, -0.05) is 18.2 Å². The van der Waals surface area contributed by atoms with Gasteiger partial charge in [-0.05, 0) is 37.5 Å². The van der Waals surface area contributed by atoms with Crippen molar-refractivity contribution in [3.8, 4) is 0 Å². The summed E-state index contributed by atoms with van der Waals surface area (Å²) < 4.78 is 27.0. The van der Waals surface area contributed by atoms with Crippen LogP contribution in [-0.2, 0) is 19.6 Å². The van der Waals surface area contributed by atoms with Crippen molar-refractivity contribution in [1.29, 1.82) is 0 Å². The zero-order chi connectivity index (χ0) is 17.5. The maximum Gasteiger partial charge on any atom is 0.325 e. The number of sulfonamides is 1. The number of thioether (sulfide) groups is 1. The lowest BCUT2D eigenvalue weighted by Gasteiger charge is -2.19. The first kappa shape index (κ1) is 19.5. The van der Waals surface area contributed by atoms with E-state index in [2.05, 4.69) is 10.0 Å². The van der Waals surface area contributed by atoms with Crippen LogP contribution >= 0.6 is 11.8 Å². The Morgan fingerprint density at radius 3 is 2.39 bits per heavy atom. The largest absolute Gasteiger partial charge is 0.480 e. The van der Waals surface area contributed by atoms with Crippen LogP contribution in [0.15, 0.2) is 35.2 Å². The molecule has 128 valence electrons. The molecule has 0 saturated carbocycles. The zero-order valence-electron chi connectivity index (χ0n) is 12.9. The van der Waals surface area contributed by atoms with Gasteiger partial charge in [0.05, 0.1) is 4.90 Å². The highest BCUT2D eigenvalue weighted by Gasteiger charge is 2.27. The van der Waals surface area contributed by atoms with Gasteiger partial charge in [0.1, 0.15) is 12.1 Å². The topological polar surface area (TPSA) is 113 Å². The molecule has 1 aromatic carbocycles. The lowest BCUT2D eigenvalue weighted by molar-refractivity contribution is -0.141. The summed E-state index contributed by atoms with van der Waals surface area (Å²) in [7, 11) is -3.86. The summed E-state index contributed by atoms with van der Waals surface area (Å²) in [5.74, 6) is -1.29. The Balaban J connectivity index is 2.89. The van der Waals surface area contributed by atoms with Crippen molar-refractivity contribution in [2.75, 3.05) is 12.0 Å². The molecule has 23 heavy (non-hydrogen) atoms. The van der Waals surface area contributed by atoms with Crippen molar-refractivity contribution < 1.29 is 23.1 Å². The number of rotatable bonds is 9. The summed E-state index contributed by atoms with van der Waals surface area (Å²) in [5.41, 5.74) is 0. The van der Waals surface area contributed by atoms with Gasteiger partial charge in [0, 0.05) is 0 Å². The molecule has 1 rings (SSSR count). The van der Waals surface area contributed by atoms with Crippen molar-refractivity contribution in [2.45, 2.75) is 30.3 Å². The molecular formula is C14H20N2O5S2. The minimum Gasteiger partial charge on any atom is -0.480 e. The first-order valence-electron chi connectivity index (χ1n) is 6.87. The molecule has 0 heterocycles. The first-order chi connectivity index (χ1) is 10.8. The third kappa shape index (κ3) is 6.20. The van der Waals surface area contributed by atoms with E-state index in [4.69, 9.17) is 5.11 Å². The van der Waals surface area contributed by atoms with Crippen molar-refractivity contribution in [3.05, 3.63) is 30.3 Å². The molecule has 0 radical (unpaired) electrons. The number of amides is 1. The van der Waals surface area contributed by atoms with E-state index in [9.17, 15) is 18.0 Å². The SMILES string of the molecule is CSCCC(NS(=O)(=O)c1ccccc1)C(=O)N[C@H](C)C(=O)O. The number of nitrogens with one attached hydrogen (secondary N) is 2. The minimum absolute atomic E-state index is 0.0493. The molecule has 2 atom stereocenters. The lowest BCUT2D eigenvalue weighted by Crippen LogP contribution is -2.50. The van der Waals surface area contributed by atoms with Gasteiger partial charge >= 0.3 is 5.97 Å². The Hall–Kier alpha value is -1.58. The molecule has 0 aliphatic carbocycles. The van der Waals surface area contributed by atoms with E-state index in [1.165, 1.54) is 30.8 Å². The maximum absolute atomic E-state index is 12.3. The molecule has 1 unspecified atom stereocenters. The predicted molar refractivity (Wildman–Crippen MR) is 88.8 cm³/mol. The Morgan fingerprint density at radius 1 is 1.26 bits per heavy atom. The third-order valence-corrected chi connectivity index (χ3v) is 5.14. The number of benzene rings is 1. The van der Waals surface area contributed by atoms with Crippen molar-refractivity contribution in [3.63, 3.8) is 0 Å². The molecule has 7 nitrogen and oxygen atoms in total. The molecule has 1 aromatic rings. The summed E-state index contributed by atoms with van der Waals surface area (Å²) in [5, 5.41) is 11.1. The number of aliphatic carboxylic acids is 1. The molecule has 0 bridgehead atoms. The van der Waals surface area contributed by atoms with E-state index in [0.29, 0.717) is 5.75 Å². The molecule has 0 spiro atoms. The summed E-state index contributed by atoms with van der Waals surface area (Å²) in [6, 6.07) is 5.56. The molecule has 0 aromatic heterocycles. The molecule has 0 saturated heterocycles. The second kappa shape index (κ2) is 8.90. The highest BCUT2D eigenvalue weighted by Crippen LogP contribution is 2.10. The summed E-state index contributed by atoms with van der Waals surface area (Å²) >= 11 is 1.46. The fourth-order valence-electron chi connectivity index (χ4n) is 1.71. The average molecular weight is 360 g/mol. The number of hydrogen-bond donors (Lipinski definition) is 3. The summed E-state index contributed by atoms with van der Waals surface area (Å²) in [6.45, 7) is 1.32. The van der Waals surface area contributed by atoms with Crippen LogP contribution in [0, 0.1) is 0 Å². The Morgan fingerprint density at radius 2 is 1.87 bits per heavy atom. The number of carboxylic acid groups (broad SMARTS) is 1. The van der Waals surface area contributed by atoms with E-state index in [1.807, 2.05) is 6.26 Å². The smallest absolute Gasteiger partial charge is 0.325 e. The van der Waals surface area contributed by atoms with Gasteiger partial charge in [-0.2, -0.15) is 16.5 Å².